The summed E-state index contributed by atoms with van der Waals surface area (Å²) in [4.78, 5) is 4.38. The number of hydrogen-bond donors (Lipinski definition) is 0. The molecule has 0 fully saturated rings. The van der Waals surface area contributed by atoms with E-state index in [9.17, 15) is 0 Å². The number of pyridine rings is 1. The predicted molar refractivity (Wildman–Crippen MR) is 112 cm³/mol. The lowest BCUT2D eigenvalue weighted by molar-refractivity contribution is 0.475. The Balaban J connectivity index is 1.96. The van der Waals surface area contributed by atoms with Crippen LogP contribution in [0.5, 0.6) is 0 Å². The SMILES string of the molecule is c1ccc(C(c2ccccc2)(c2ccccc2)n2ncc3ccncc32)cc1. The third-order valence-electron chi connectivity index (χ3n) is 5.27. The molecule has 3 heteroatoms. The Morgan fingerprint density at radius 2 is 1.07 bits per heavy atom. The Kier molecular flexibility index (Phi) is 3.99. The highest BCUT2D eigenvalue weighted by Gasteiger charge is 2.40. The van der Waals surface area contributed by atoms with E-state index in [2.05, 4.69) is 82.5 Å². The molecular weight excluding hydrogens is 342 g/mol. The van der Waals surface area contributed by atoms with E-state index >= 15 is 0 Å². The lowest BCUT2D eigenvalue weighted by Gasteiger charge is -2.36. The molecular formula is C25H19N3. The van der Waals surface area contributed by atoms with Gasteiger partial charge in [-0.25, -0.2) is 4.68 Å². The molecule has 0 N–H and O–H groups in total. The van der Waals surface area contributed by atoms with Crippen LogP contribution in [0.15, 0.2) is 116 Å². The van der Waals surface area contributed by atoms with Crippen molar-refractivity contribution in [1.29, 1.82) is 0 Å². The molecule has 2 aromatic heterocycles. The maximum Gasteiger partial charge on any atom is 0.138 e. The molecule has 0 amide bonds. The summed E-state index contributed by atoms with van der Waals surface area (Å²) < 4.78 is 2.11. The van der Waals surface area contributed by atoms with E-state index in [4.69, 9.17) is 5.10 Å². The van der Waals surface area contributed by atoms with E-state index in [1.165, 1.54) is 0 Å². The van der Waals surface area contributed by atoms with Gasteiger partial charge in [0, 0.05) is 11.6 Å². The first-order valence-electron chi connectivity index (χ1n) is 9.35. The van der Waals surface area contributed by atoms with Gasteiger partial charge in [-0.1, -0.05) is 91.0 Å². The van der Waals surface area contributed by atoms with Gasteiger partial charge in [0.1, 0.15) is 5.54 Å². The van der Waals surface area contributed by atoms with Crippen LogP contribution in [0, 0.1) is 0 Å². The Bertz CT molecular complexity index is 1100. The van der Waals surface area contributed by atoms with E-state index in [1.807, 2.05) is 42.9 Å². The number of hydrogen-bond acceptors (Lipinski definition) is 2. The van der Waals surface area contributed by atoms with Crippen LogP contribution in [-0.2, 0) is 5.54 Å². The summed E-state index contributed by atoms with van der Waals surface area (Å²) in [6, 6.07) is 33.7. The summed E-state index contributed by atoms with van der Waals surface area (Å²) >= 11 is 0. The monoisotopic (exact) mass is 361 g/mol. The Morgan fingerprint density at radius 3 is 1.57 bits per heavy atom. The summed E-state index contributed by atoms with van der Waals surface area (Å²) in [6.07, 6.45) is 5.62. The molecule has 0 spiro atoms. The first-order valence-corrected chi connectivity index (χ1v) is 9.35. The van der Waals surface area contributed by atoms with E-state index in [-0.39, 0.29) is 0 Å². The minimum Gasteiger partial charge on any atom is -0.262 e. The molecule has 0 aliphatic rings. The highest BCUT2D eigenvalue weighted by Crippen LogP contribution is 2.41. The van der Waals surface area contributed by atoms with E-state index in [0.29, 0.717) is 0 Å². The summed E-state index contributed by atoms with van der Waals surface area (Å²) in [7, 11) is 0. The van der Waals surface area contributed by atoms with Gasteiger partial charge in [0.05, 0.1) is 17.9 Å². The molecule has 5 rings (SSSR count). The lowest BCUT2D eigenvalue weighted by Crippen LogP contribution is -2.38. The largest absolute Gasteiger partial charge is 0.262 e. The lowest BCUT2D eigenvalue weighted by atomic mass is 9.77. The van der Waals surface area contributed by atoms with Gasteiger partial charge < -0.3 is 0 Å². The summed E-state index contributed by atoms with van der Waals surface area (Å²) in [5, 5.41) is 5.95. The quantitative estimate of drug-likeness (QED) is 0.408. The van der Waals surface area contributed by atoms with Crippen molar-refractivity contribution in [3.8, 4) is 0 Å². The van der Waals surface area contributed by atoms with Crippen LogP contribution in [0.25, 0.3) is 10.9 Å². The summed E-state index contributed by atoms with van der Waals surface area (Å²) in [5.74, 6) is 0. The topological polar surface area (TPSA) is 30.7 Å². The predicted octanol–water partition coefficient (Wildman–Crippen LogP) is 5.27. The molecule has 0 bridgehead atoms. The maximum absolute atomic E-state index is 4.87. The van der Waals surface area contributed by atoms with Crippen LogP contribution in [0.4, 0.5) is 0 Å². The van der Waals surface area contributed by atoms with Crippen molar-refractivity contribution in [1.82, 2.24) is 14.8 Å². The van der Waals surface area contributed by atoms with Gasteiger partial charge in [0.2, 0.25) is 0 Å². The number of nitrogens with zero attached hydrogens (tertiary/aromatic N) is 3. The third-order valence-corrected chi connectivity index (χ3v) is 5.27. The smallest absolute Gasteiger partial charge is 0.138 e. The van der Waals surface area contributed by atoms with Gasteiger partial charge in [0.25, 0.3) is 0 Å². The van der Waals surface area contributed by atoms with Crippen molar-refractivity contribution in [2.45, 2.75) is 5.54 Å². The Labute approximate surface area is 163 Å². The zero-order valence-corrected chi connectivity index (χ0v) is 15.3. The first-order chi connectivity index (χ1) is 13.9. The first kappa shape index (κ1) is 16.5. The van der Waals surface area contributed by atoms with Gasteiger partial charge in [-0.2, -0.15) is 5.10 Å². The standard InChI is InChI=1S/C25H19N3/c1-4-10-21(11-5-1)25(22-12-6-2-7-13-22,23-14-8-3-9-15-23)28-24-19-26-17-16-20(24)18-27-28/h1-19H. The van der Waals surface area contributed by atoms with Crippen molar-refractivity contribution < 1.29 is 0 Å². The van der Waals surface area contributed by atoms with Gasteiger partial charge in [-0.15, -0.1) is 0 Å². The van der Waals surface area contributed by atoms with Crippen LogP contribution in [0.3, 0.4) is 0 Å². The second-order valence-electron chi connectivity index (χ2n) is 6.80. The Morgan fingerprint density at radius 1 is 0.571 bits per heavy atom. The van der Waals surface area contributed by atoms with E-state index < -0.39 is 5.54 Å². The summed E-state index contributed by atoms with van der Waals surface area (Å²) in [6.45, 7) is 0. The van der Waals surface area contributed by atoms with Crippen LogP contribution in [0.2, 0.25) is 0 Å². The molecule has 0 aliphatic carbocycles. The van der Waals surface area contributed by atoms with Crippen molar-refractivity contribution in [2.24, 2.45) is 0 Å². The molecule has 0 saturated carbocycles. The third kappa shape index (κ3) is 2.44. The van der Waals surface area contributed by atoms with Crippen LogP contribution < -0.4 is 0 Å². The van der Waals surface area contributed by atoms with Crippen molar-refractivity contribution in [3.05, 3.63) is 132 Å². The summed E-state index contributed by atoms with van der Waals surface area (Å²) in [5.41, 5.74) is 3.86. The fraction of sp³-hybridized carbons (Fsp3) is 0.0400. The molecule has 134 valence electrons. The molecule has 3 nitrogen and oxygen atoms in total. The molecule has 5 aromatic rings. The average molecular weight is 361 g/mol. The second kappa shape index (κ2) is 6.78. The van der Waals surface area contributed by atoms with Crippen LogP contribution >= 0.6 is 0 Å². The van der Waals surface area contributed by atoms with Gasteiger partial charge in [0.15, 0.2) is 0 Å². The maximum atomic E-state index is 4.87. The minimum absolute atomic E-state index is 0.603. The molecule has 3 aromatic carbocycles. The van der Waals surface area contributed by atoms with Crippen molar-refractivity contribution in [3.63, 3.8) is 0 Å². The molecule has 0 radical (unpaired) electrons. The highest BCUT2D eigenvalue weighted by molar-refractivity contribution is 5.78. The van der Waals surface area contributed by atoms with Gasteiger partial charge >= 0.3 is 0 Å². The number of aromatic nitrogens is 3. The fourth-order valence-corrected chi connectivity index (χ4v) is 4.04. The van der Waals surface area contributed by atoms with Crippen molar-refractivity contribution >= 4 is 10.9 Å². The fourth-order valence-electron chi connectivity index (χ4n) is 4.04. The number of benzene rings is 3. The second-order valence-corrected chi connectivity index (χ2v) is 6.80. The molecule has 28 heavy (non-hydrogen) atoms. The minimum atomic E-state index is -0.603. The molecule has 0 unspecified atom stereocenters. The van der Waals surface area contributed by atoms with Crippen LogP contribution in [0.1, 0.15) is 16.7 Å². The average Bonchev–Trinajstić information content (AvgIpc) is 3.21. The number of rotatable bonds is 4. The Hall–Kier alpha value is -3.72. The normalized spacial score (nSPS) is 11.6. The van der Waals surface area contributed by atoms with E-state index in [0.717, 1.165) is 27.6 Å². The van der Waals surface area contributed by atoms with Crippen LogP contribution in [-0.4, -0.2) is 14.8 Å². The number of fused-ring (bicyclic) bond motifs is 1. The van der Waals surface area contributed by atoms with Gasteiger partial charge in [-0.3, -0.25) is 4.98 Å². The molecule has 2 heterocycles. The molecule has 0 saturated heterocycles. The molecule has 0 aliphatic heterocycles. The zero-order chi connectivity index (χ0) is 18.8. The molecule has 0 atom stereocenters. The van der Waals surface area contributed by atoms with E-state index in [1.54, 1.807) is 0 Å². The highest BCUT2D eigenvalue weighted by atomic mass is 15.3. The van der Waals surface area contributed by atoms with Gasteiger partial charge in [-0.05, 0) is 22.8 Å². The zero-order valence-electron chi connectivity index (χ0n) is 15.3. The van der Waals surface area contributed by atoms with Crippen molar-refractivity contribution in [2.75, 3.05) is 0 Å².